The highest BCUT2D eigenvalue weighted by Crippen LogP contribution is 2.58. The first-order chi connectivity index (χ1) is 21.6. The van der Waals surface area contributed by atoms with Gasteiger partial charge in [0, 0.05) is 41.8 Å². The van der Waals surface area contributed by atoms with E-state index in [1.54, 1.807) is 12.4 Å². The van der Waals surface area contributed by atoms with E-state index < -0.39 is 0 Å². The molecule has 4 aromatic carbocycles. The van der Waals surface area contributed by atoms with E-state index in [1.807, 2.05) is 0 Å². The van der Waals surface area contributed by atoms with E-state index >= 15 is 0 Å². The molecule has 0 N–H and O–H groups in total. The van der Waals surface area contributed by atoms with Crippen molar-refractivity contribution in [3.63, 3.8) is 0 Å². The summed E-state index contributed by atoms with van der Waals surface area (Å²) in [5.41, 5.74) is 9.11. The van der Waals surface area contributed by atoms with Gasteiger partial charge in [-0.2, -0.15) is 0 Å². The zero-order valence-electron chi connectivity index (χ0n) is 25.4. The molecule has 0 amide bonds. The van der Waals surface area contributed by atoms with E-state index in [4.69, 9.17) is 16.5 Å². The highest BCUT2D eigenvalue weighted by molar-refractivity contribution is 5.95. The van der Waals surface area contributed by atoms with E-state index in [-0.39, 0.29) is 17.7 Å². The zero-order valence-corrected chi connectivity index (χ0v) is 25.4. The number of rotatable bonds is 3. The molecule has 4 heterocycles. The van der Waals surface area contributed by atoms with Crippen molar-refractivity contribution in [1.82, 2.24) is 9.97 Å². The van der Waals surface area contributed by atoms with Crippen LogP contribution in [0.15, 0.2) is 122 Å². The number of likely N-dealkylation sites (N-methyl/N-ethyl adjacent to an activating group) is 1. The van der Waals surface area contributed by atoms with Crippen LogP contribution in [0.25, 0.3) is 5.57 Å². The van der Waals surface area contributed by atoms with Crippen LogP contribution in [-0.2, 0) is 5.41 Å². The van der Waals surface area contributed by atoms with Crippen LogP contribution in [0, 0.1) is 0 Å². The van der Waals surface area contributed by atoms with Crippen molar-refractivity contribution in [2.24, 2.45) is 0 Å². The maximum absolute atomic E-state index is 4.98. The van der Waals surface area contributed by atoms with Crippen LogP contribution < -0.4 is 19.6 Å². The lowest BCUT2D eigenvalue weighted by Crippen LogP contribution is -2.59. The van der Waals surface area contributed by atoms with Gasteiger partial charge in [0.05, 0.1) is 17.1 Å². The third kappa shape index (κ3) is 3.48. The minimum absolute atomic E-state index is 0.164. The van der Waals surface area contributed by atoms with Crippen LogP contribution in [0.4, 0.5) is 40.1 Å². The second kappa shape index (κ2) is 9.98. The molecule has 1 aromatic heterocycles. The SMILES string of the molecule is C=C1c2ccccc2N2c3nccnc3N(C)C2C2N(c3ccccc3)c3ccccc3N2c2ccccc2C1(CC)CC. The molecule has 0 spiro atoms. The number of hydrogen-bond acceptors (Lipinski definition) is 6. The number of benzene rings is 4. The molecule has 218 valence electrons. The number of nitrogens with zero attached hydrogens (tertiary/aromatic N) is 6. The summed E-state index contributed by atoms with van der Waals surface area (Å²) in [5.74, 6) is 1.73. The molecule has 2 unspecified atom stereocenters. The number of aromatic nitrogens is 2. The first kappa shape index (κ1) is 26.5. The van der Waals surface area contributed by atoms with Crippen molar-refractivity contribution in [1.29, 1.82) is 0 Å². The van der Waals surface area contributed by atoms with Gasteiger partial charge in [-0.25, -0.2) is 9.97 Å². The Morgan fingerprint density at radius 2 is 1.18 bits per heavy atom. The maximum atomic E-state index is 4.98. The standard InChI is InChI=1S/C38H36N6/c1-5-38(6-2)26(3)28-18-10-12-20-30(28)44-35-34(39-24-25-40-35)41(4)36(44)37-42(27-16-8-7-9-17-27)32-22-14-15-23-33(32)43(37)31-21-13-11-19-29(31)38/h7-25,36-37H,3,5-6H2,1-2,4H3. The van der Waals surface area contributed by atoms with E-state index in [0.29, 0.717) is 0 Å². The van der Waals surface area contributed by atoms with Gasteiger partial charge in [0.2, 0.25) is 0 Å². The highest BCUT2D eigenvalue weighted by atomic mass is 15.6. The van der Waals surface area contributed by atoms with Gasteiger partial charge in [-0.3, -0.25) is 4.90 Å². The summed E-state index contributed by atoms with van der Waals surface area (Å²) in [6.45, 7) is 9.51. The Kier molecular flexibility index (Phi) is 6.02. The monoisotopic (exact) mass is 576 g/mol. The lowest BCUT2D eigenvalue weighted by Gasteiger charge is -2.47. The van der Waals surface area contributed by atoms with E-state index in [2.05, 4.69) is 144 Å². The first-order valence-corrected chi connectivity index (χ1v) is 15.5. The molecular formula is C38H36N6. The third-order valence-electron chi connectivity index (χ3n) is 10.1. The summed E-state index contributed by atoms with van der Waals surface area (Å²) in [6.07, 6.45) is 5.11. The van der Waals surface area contributed by atoms with Crippen LogP contribution in [0.1, 0.15) is 37.8 Å². The van der Waals surface area contributed by atoms with Crippen LogP contribution >= 0.6 is 0 Å². The van der Waals surface area contributed by atoms with Gasteiger partial charge in [-0.15, -0.1) is 0 Å². The summed E-state index contributed by atoms with van der Waals surface area (Å²) in [4.78, 5) is 19.7. The Labute approximate surface area is 259 Å². The number of allylic oxidation sites excluding steroid dienone is 1. The highest BCUT2D eigenvalue weighted by Gasteiger charge is 2.53. The lowest BCUT2D eigenvalue weighted by molar-refractivity contribution is 0.500. The fraction of sp³-hybridized carbons (Fsp3) is 0.211. The zero-order chi connectivity index (χ0) is 30.0. The van der Waals surface area contributed by atoms with Crippen molar-refractivity contribution in [3.05, 3.63) is 133 Å². The van der Waals surface area contributed by atoms with Gasteiger partial charge in [0.15, 0.2) is 17.8 Å². The number of para-hydroxylation sites is 5. The number of fused-ring (bicyclic) bond motifs is 11. The summed E-state index contributed by atoms with van der Waals surface area (Å²) in [7, 11) is 2.15. The molecule has 6 nitrogen and oxygen atoms in total. The minimum Gasteiger partial charge on any atom is -0.332 e. The van der Waals surface area contributed by atoms with Crippen LogP contribution in [0.5, 0.6) is 0 Å². The predicted octanol–water partition coefficient (Wildman–Crippen LogP) is 8.79. The second-order valence-corrected chi connectivity index (χ2v) is 11.9. The maximum Gasteiger partial charge on any atom is 0.178 e. The van der Waals surface area contributed by atoms with Crippen molar-refractivity contribution >= 4 is 45.6 Å². The molecular weight excluding hydrogens is 540 g/mol. The molecule has 0 aliphatic carbocycles. The van der Waals surface area contributed by atoms with Gasteiger partial charge >= 0.3 is 0 Å². The van der Waals surface area contributed by atoms with E-state index in [0.717, 1.165) is 47.0 Å². The predicted molar refractivity (Wildman–Crippen MR) is 181 cm³/mol. The molecule has 0 saturated heterocycles. The third-order valence-corrected chi connectivity index (χ3v) is 10.1. The molecule has 0 fully saturated rings. The van der Waals surface area contributed by atoms with Crippen LogP contribution in [-0.4, -0.2) is 29.3 Å². The van der Waals surface area contributed by atoms with Gasteiger partial charge in [-0.1, -0.05) is 87.2 Å². The second-order valence-electron chi connectivity index (χ2n) is 11.9. The van der Waals surface area contributed by atoms with E-state index in [1.165, 1.54) is 22.6 Å². The summed E-state index contributed by atoms with van der Waals surface area (Å²) in [5, 5.41) is 0. The Balaban J connectivity index is 1.53. The van der Waals surface area contributed by atoms with Crippen molar-refractivity contribution in [2.45, 2.75) is 44.4 Å². The molecule has 44 heavy (non-hydrogen) atoms. The van der Waals surface area contributed by atoms with Gasteiger partial charge in [-0.05, 0) is 60.4 Å². The average Bonchev–Trinajstić information content (AvgIpc) is 3.57. The van der Waals surface area contributed by atoms with E-state index in [9.17, 15) is 0 Å². The first-order valence-electron chi connectivity index (χ1n) is 15.5. The van der Waals surface area contributed by atoms with Crippen LogP contribution in [0.3, 0.4) is 0 Å². The summed E-state index contributed by atoms with van der Waals surface area (Å²) in [6, 6.07) is 37.3. The Bertz CT molecular complexity index is 1880. The van der Waals surface area contributed by atoms with Gasteiger partial charge < -0.3 is 14.7 Å². The molecule has 0 bridgehead atoms. The molecule has 2 atom stereocenters. The Morgan fingerprint density at radius 1 is 0.614 bits per heavy atom. The van der Waals surface area contributed by atoms with Gasteiger partial charge in [0.1, 0.15) is 6.17 Å². The largest absolute Gasteiger partial charge is 0.332 e. The minimum atomic E-state index is -0.282. The molecule has 5 aromatic rings. The average molecular weight is 577 g/mol. The summed E-state index contributed by atoms with van der Waals surface area (Å²) >= 11 is 0. The molecule has 8 rings (SSSR count). The lowest BCUT2D eigenvalue weighted by atomic mass is 9.67. The fourth-order valence-electron chi connectivity index (χ4n) is 7.95. The Morgan fingerprint density at radius 3 is 1.89 bits per heavy atom. The number of anilines is 7. The fourth-order valence-corrected chi connectivity index (χ4v) is 7.95. The molecule has 3 aliphatic heterocycles. The number of hydrogen-bond donors (Lipinski definition) is 0. The van der Waals surface area contributed by atoms with Crippen molar-refractivity contribution in [2.75, 3.05) is 26.6 Å². The van der Waals surface area contributed by atoms with Gasteiger partial charge in [0.25, 0.3) is 0 Å². The topological polar surface area (TPSA) is 38.7 Å². The van der Waals surface area contributed by atoms with Crippen LogP contribution in [0.2, 0.25) is 0 Å². The molecule has 0 radical (unpaired) electrons. The van der Waals surface area contributed by atoms with Crippen molar-refractivity contribution in [3.8, 4) is 0 Å². The van der Waals surface area contributed by atoms with Crippen molar-refractivity contribution < 1.29 is 0 Å². The smallest absolute Gasteiger partial charge is 0.178 e. The normalized spacial score (nSPS) is 19.5. The quantitative estimate of drug-likeness (QED) is 0.214. The molecule has 3 aliphatic rings. The molecule has 6 heteroatoms. The summed E-state index contributed by atoms with van der Waals surface area (Å²) < 4.78 is 0. The molecule has 0 saturated carbocycles. The Hall–Kier alpha value is -5.10.